The Hall–Kier alpha value is -2.76. The maximum Gasteiger partial charge on any atom is 0.121 e. The first-order valence-corrected chi connectivity index (χ1v) is 9.57. The van der Waals surface area contributed by atoms with Crippen molar-refractivity contribution >= 4 is 57.2 Å². The molecule has 29 heavy (non-hydrogen) atoms. The highest BCUT2D eigenvalue weighted by Gasteiger charge is 2.06. The standard InChI is InChI=1S/C22H21ClN4O.ClH/c1-28-17-12-15-4-2-8-27-22(15)21(14-17)25-10-3-9-24-19-7-11-26-20-13-16(23)5-6-18(19)20;/h2,4-8,11-14,25H,3,9-10H2,1H3,(H,24,26);1H. The molecule has 0 aliphatic carbocycles. The first kappa shape index (κ1) is 21.0. The number of hydrogen-bond acceptors (Lipinski definition) is 5. The average molecular weight is 429 g/mol. The van der Waals surface area contributed by atoms with Gasteiger partial charge in [0.25, 0.3) is 0 Å². The average Bonchev–Trinajstić information content (AvgIpc) is 2.73. The summed E-state index contributed by atoms with van der Waals surface area (Å²) in [6.07, 6.45) is 4.55. The Morgan fingerprint density at radius 2 is 1.76 bits per heavy atom. The molecule has 4 rings (SSSR count). The predicted octanol–water partition coefficient (Wildman–Crippen LogP) is 5.78. The molecular weight excluding hydrogens is 407 g/mol. The lowest BCUT2D eigenvalue weighted by Gasteiger charge is -2.12. The molecule has 0 aliphatic rings. The minimum absolute atomic E-state index is 0. The van der Waals surface area contributed by atoms with Crippen LogP contribution in [-0.4, -0.2) is 30.2 Å². The van der Waals surface area contributed by atoms with Crippen molar-refractivity contribution in [2.24, 2.45) is 0 Å². The number of benzene rings is 2. The number of nitrogens with one attached hydrogen (secondary N) is 2. The van der Waals surface area contributed by atoms with E-state index in [0.29, 0.717) is 5.02 Å². The van der Waals surface area contributed by atoms with Gasteiger partial charge in [0.15, 0.2) is 0 Å². The third-order valence-electron chi connectivity index (χ3n) is 4.60. The topological polar surface area (TPSA) is 59.1 Å². The van der Waals surface area contributed by atoms with Crippen LogP contribution >= 0.6 is 24.0 Å². The quantitative estimate of drug-likeness (QED) is 0.365. The largest absolute Gasteiger partial charge is 0.497 e. The van der Waals surface area contributed by atoms with Gasteiger partial charge < -0.3 is 15.4 Å². The van der Waals surface area contributed by atoms with Crippen molar-refractivity contribution in [1.29, 1.82) is 0 Å². The van der Waals surface area contributed by atoms with Crippen LogP contribution in [0.15, 0.2) is 60.9 Å². The Morgan fingerprint density at radius 3 is 2.59 bits per heavy atom. The minimum Gasteiger partial charge on any atom is -0.497 e. The van der Waals surface area contributed by atoms with Crippen molar-refractivity contribution in [2.75, 3.05) is 30.8 Å². The Morgan fingerprint density at radius 1 is 0.931 bits per heavy atom. The zero-order valence-electron chi connectivity index (χ0n) is 16.0. The van der Waals surface area contributed by atoms with E-state index in [9.17, 15) is 0 Å². The SMILES string of the molecule is COc1cc(NCCCNc2ccnc3cc(Cl)ccc23)c2ncccc2c1.Cl. The Labute approximate surface area is 180 Å². The van der Waals surface area contributed by atoms with Crippen molar-refractivity contribution < 1.29 is 4.74 Å². The molecule has 0 fully saturated rings. The summed E-state index contributed by atoms with van der Waals surface area (Å²) >= 11 is 6.06. The maximum absolute atomic E-state index is 6.06. The molecule has 0 radical (unpaired) electrons. The molecule has 0 atom stereocenters. The number of anilines is 2. The van der Waals surface area contributed by atoms with E-state index in [1.165, 1.54) is 0 Å². The molecule has 2 aromatic heterocycles. The second-order valence-corrected chi connectivity index (χ2v) is 6.91. The van der Waals surface area contributed by atoms with E-state index < -0.39 is 0 Å². The van der Waals surface area contributed by atoms with Crippen molar-refractivity contribution in [1.82, 2.24) is 9.97 Å². The molecule has 150 valence electrons. The first-order valence-electron chi connectivity index (χ1n) is 9.19. The van der Waals surface area contributed by atoms with Gasteiger partial charge in [-0.25, -0.2) is 0 Å². The highest BCUT2D eigenvalue weighted by Crippen LogP contribution is 2.28. The van der Waals surface area contributed by atoms with Gasteiger partial charge in [-0.2, -0.15) is 0 Å². The summed E-state index contributed by atoms with van der Waals surface area (Å²) in [5.74, 6) is 0.822. The van der Waals surface area contributed by atoms with Crippen molar-refractivity contribution in [3.63, 3.8) is 0 Å². The van der Waals surface area contributed by atoms with Crippen LogP contribution in [0.2, 0.25) is 5.02 Å². The first-order chi connectivity index (χ1) is 13.7. The molecule has 0 saturated carbocycles. The molecule has 4 aromatic rings. The van der Waals surface area contributed by atoms with Gasteiger partial charge in [-0.05, 0) is 42.8 Å². The second-order valence-electron chi connectivity index (χ2n) is 6.48. The van der Waals surface area contributed by atoms with Crippen LogP contribution in [0.3, 0.4) is 0 Å². The summed E-state index contributed by atoms with van der Waals surface area (Å²) in [6.45, 7) is 1.66. The summed E-state index contributed by atoms with van der Waals surface area (Å²) in [4.78, 5) is 8.87. The number of rotatable bonds is 7. The number of aromatic nitrogens is 2. The van der Waals surface area contributed by atoms with Gasteiger partial charge in [0.05, 0.1) is 23.8 Å². The predicted molar refractivity (Wildman–Crippen MR) is 124 cm³/mol. The Balaban J connectivity index is 0.00000240. The van der Waals surface area contributed by atoms with E-state index in [4.69, 9.17) is 16.3 Å². The van der Waals surface area contributed by atoms with Crippen LogP contribution in [0.25, 0.3) is 21.8 Å². The third kappa shape index (κ3) is 4.81. The van der Waals surface area contributed by atoms with Crippen LogP contribution in [0.5, 0.6) is 5.75 Å². The lowest BCUT2D eigenvalue weighted by molar-refractivity contribution is 0.415. The smallest absolute Gasteiger partial charge is 0.121 e. The number of ether oxygens (including phenoxy) is 1. The fourth-order valence-corrected chi connectivity index (χ4v) is 3.39. The Bertz CT molecular complexity index is 1120. The van der Waals surface area contributed by atoms with Crippen LogP contribution in [0.4, 0.5) is 11.4 Å². The molecule has 0 aliphatic heterocycles. The second kappa shape index (κ2) is 9.63. The number of halogens is 2. The van der Waals surface area contributed by atoms with E-state index in [1.54, 1.807) is 13.3 Å². The lowest BCUT2D eigenvalue weighted by atomic mass is 10.1. The van der Waals surface area contributed by atoms with E-state index in [0.717, 1.165) is 58.4 Å². The molecule has 0 bridgehead atoms. The molecule has 0 amide bonds. The lowest BCUT2D eigenvalue weighted by Crippen LogP contribution is -2.10. The zero-order chi connectivity index (χ0) is 19.3. The molecule has 2 N–H and O–H groups in total. The van der Waals surface area contributed by atoms with Crippen LogP contribution in [0.1, 0.15) is 6.42 Å². The normalized spacial score (nSPS) is 10.6. The van der Waals surface area contributed by atoms with E-state index in [2.05, 4.69) is 20.6 Å². The van der Waals surface area contributed by atoms with Crippen molar-refractivity contribution in [2.45, 2.75) is 6.42 Å². The molecule has 0 saturated heterocycles. The van der Waals surface area contributed by atoms with Crippen LogP contribution in [0, 0.1) is 0 Å². The minimum atomic E-state index is 0. The van der Waals surface area contributed by atoms with E-state index >= 15 is 0 Å². The molecular formula is C22H22Cl2N4O. The third-order valence-corrected chi connectivity index (χ3v) is 4.84. The monoisotopic (exact) mass is 428 g/mol. The molecule has 0 unspecified atom stereocenters. The molecule has 0 spiro atoms. The van der Waals surface area contributed by atoms with Gasteiger partial charge in [-0.3, -0.25) is 9.97 Å². The highest BCUT2D eigenvalue weighted by atomic mass is 35.5. The summed E-state index contributed by atoms with van der Waals surface area (Å²) in [6, 6.07) is 15.7. The zero-order valence-corrected chi connectivity index (χ0v) is 17.6. The number of nitrogens with zero attached hydrogens (tertiary/aromatic N) is 2. The van der Waals surface area contributed by atoms with Crippen LogP contribution in [-0.2, 0) is 0 Å². The number of pyridine rings is 2. The van der Waals surface area contributed by atoms with Crippen LogP contribution < -0.4 is 15.4 Å². The molecule has 2 heterocycles. The van der Waals surface area contributed by atoms with Gasteiger partial charge in [0, 0.05) is 53.0 Å². The van der Waals surface area contributed by atoms with Crippen molar-refractivity contribution in [3.8, 4) is 5.75 Å². The number of methoxy groups -OCH3 is 1. The maximum atomic E-state index is 6.06. The molecule has 5 nitrogen and oxygen atoms in total. The number of hydrogen-bond donors (Lipinski definition) is 2. The summed E-state index contributed by atoms with van der Waals surface area (Å²) in [7, 11) is 1.68. The molecule has 2 aromatic carbocycles. The van der Waals surface area contributed by atoms with Gasteiger partial charge >= 0.3 is 0 Å². The van der Waals surface area contributed by atoms with Gasteiger partial charge in [-0.15, -0.1) is 12.4 Å². The summed E-state index contributed by atoms with van der Waals surface area (Å²) in [5.41, 5.74) is 3.90. The summed E-state index contributed by atoms with van der Waals surface area (Å²) < 4.78 is 5.40. The van der Waals surface area contributed by atoms with Crippen molar-refractivity contribution in [3.05, 3.63) is 65.9 Å². The fourth-order valence-electron chi connectivity index (χ4n) is 3.23. The summed E-state index contributed by atoms with van der Waals surface area (Å²) in [5, 5.41) is 9.80. The van der Waals surface area contributed by atoms with E-state index in [-0.39, 0.29) is 12.4 Å². The number of fused-ring (bicyclic) bond motifs is 2. The highest BCUT2D eigenvalue weighted by molar-refractivity contribution is 6.31. The van der Waals surface area contributed by atoms with E-state index in [1.807, 2.05) is 54.7 Å². The fraction of sp³-hybridized carbons (Fsp3) is 0.182. The van der Waals surface area contributed by atoms with Gasteiger partial charge in [0.1, 0.15) is 5.75 Å². The van der Waals surface area contributed by atoms with Gasteiger partial charge in [0.2, 0.25) is 0 Å². The van der Waals surface area contributed by atoms with Gasteiger partial charge in [-0.1, -0.05) is 17.7 Å². The molecule has 7 heteroatoms. The Kier molecular flexibility index (Phi) is 6.96.